The summed E-state index contributed by atoms with van der Waals surface area (Å²) in [6.45, 7) is 3.46. The van der Waals surface area contributed by atoms with E-state index in [2.05, 4.69) is 10.4 Å². The summed E-state index contributed by atoms with van der Waals surface area (Å²) in [6, 6.07) is 5.14. The van der Waals surface area contributed by atoms with Crippen molar-refractivity contribution >= 4 is 18.3 Å². The van der Waals surface area contributed by atoms with Crippen molar-refractivity contribution in [2.24, 2.45) is 5.41 Å². The highest BCUT2D eigenvalue weighted by atomic mass is 35.5. The summed E-state index contributed by atoms with van der Waals surface area (Å²) < 4.78 is 28.8. The third kappa shape index (κ3) is 3.33. The van der Waals surface area contributed by atoms with Crippen LogP contribution in [0.3, 0.4) is 0 Å². The summed E-state index contributed by atoms with van der Waals surface area (Å²) in [6.07, 6.45) is 4.54. The van der Waals surface area contributed by atoms with Gasteiger partial charge in [-0.15, -0.1) is 12.4 Å². The van der Waals surface area contributed by atoms with E-state index < -0.39 is 11.6 Å². The number of halogens is 3. The lowest BCUT2D eigenvalue weighted by molar-refractivity contribution is 0.0601. The normalized spacial score (nSPS) is 18.8. The molecule has 1 spiro atoms. The number of rotatable bonds is 2. The average molecular weight is 383 g/mol. The summed E-state index contributed by atoms with van der Waals surface area (Å²) in [4.78, 5) is 14.5. The molecular weight excluding hydrogens is 362 g/mol. The fraction of sp³-hybridized carbons (Fsp3) is 0.444. The lowest BCUT2D eigenvalue weighted by Gasteiger charge is -2.38. The third-order valence-electron chi connectivity index (χ3n) is 5.42. The molecule has 26 heavy (non-hydrogen) atoms. The Labute approximate surface area is 156 Å². The van der Waals surface area contributed by atoms with E-state index in [-0.39, 0.29) is 29.7 Å². The molecule has 2 aliphatic heterocycles. The molecule has 8 heteroatoms. The van der Waals surface area contributed by atoms with E-state index in [0.29, 0.717) is 18.5 Å². The minimum Gasteiger partial charge on any atom is -0.337 e. The molecule has 0 saturated carbocycles. The predicted molar refractivity (Wildman–Crippen MR) is 95.8 cm³/mol. The van der Waals surface area contributed by atoms with Crippen molar-refractivity contribution in [2.75, 3.05) is 26.2 Å². The Morgan fingerprint density at radius 2 is 1.81 bits per heavy atom. The Morgan fingerprint density at radius 3 is 2.42 bits per heavy atom. The highest BCUT2D eigenvalue weighted by molar-refractivity contribution is 5.92. The summed E-state index contributed by atoms with van der Waals surface area (Å²) in [5, 5.41) is 7.50. The zero-order valence-electron chi connectivity index (χ0n) is 14.3. The number of nitrogens with zero attached hydrogens (tertiary/aromatic N) is 3. The van der Waals surface area contributed by atoms with Gasteiger partial charge < -0.3 is 10.2 Å². The van der Waals surface area contributed by atoms with Crippen LogP contribution in [-0.4, -0.2) is 46.8 Å². The molecule has 0 radical (unpaired) electrons. The van der Waals surface area contributed by atoms with Gasteiger partial charge in [0, 0.05) is 25.8 Å². The molecule has 2 saturated heterocycles. The molecule has 0 atom stereocenters. The van der Waals surface area contributed by atoms with Crippen molar-refractivity contribution in [3.8, 4) is 5.69 Å². The monoisotopic (exact) mass is 382 g/mol. The lowest BCUT2D eigenvalue weighted by Crippen LogP contribution is -2.44. The maximum atomic E-state index is 13.9. The minimum absolute atomic E-state index is 0. The van der Waals surface area contributed by atoms with E-state index in [1.54, 1.807) is 4.90 Å². The Kier molecular flexibility index (Phi) is 5.29. The van der Waals surface area contributed by atoms with Crippen LogP contribution in [-0.2, 0) is 0 Å². The van der Waals surface area contributed by atoms with Gasteiger partial charge in [-0.2, -0.15) is 5.10 Å². The molecule has 1 aromatic carbocycles. The van der Waals surface area contributed by atoms with Crippen molar-refractivity contribution in [3.63, 3.8) is 0 Å². The molecule has 1 N–H and O–H groups in total. The Balaban J connectivity index is 0.00000196. The first-order valence-electron chi connectivity index (χ1n) is 8.58. The van der Waals surface area contributed by atoms with E-state index in [1.807, 2.05) is 0 Å². The largest absolute Gasteiger partial charge is 0.337 e. The summed E-state index contributed by atoms with van der Waals surface area (Å²) in [5.74, 6) is -1.61. The molecule has 3 heterocycles. The van der Waals surface area contributed by atoms with Crippen molar-refractivity contribution in [3.05, 3.63) is 47.8 Å². The smallest absolute Gasteiger partial charge is 0.274 e. The van der Waals surface area contributed by atoms with Crippen LogP contribution in [0.1, 0.15) is 29.8 Å². The number of hydrogen-bond donors (Lipinski definition) is 1. The maximum Gasteiger partial charge on any atom is 0.274 e. The number of carbonyl (C=O) groups excluding carboxylic acids is 1. The Hall–Kier alpha value is -1.99. The number of hydrogen-bond acceptors (Lipinski definition) is 3. The van der Waals surface area contributed by atoms with Gasteiger partial charge in [-0.3, -0.25) is 4.79 Å². The second-order valence-corrected chi connectivity index (χ2v) is 6.93. The van der Waals surface area contributed by atoms with Gasteiger partial charge >= 0.3 is 0 Å². The number of carbonyl (C=O) groups is 1. The van der Waals surface area contributed by atoms with Gasteiger partial charge in [-0.1, -0.05) is 6.07 Å². The molecular formula is C18H21ClF2N4O. The molecule has 2 aliphatic rings. The second-order valence-electron chi connectivity index (χ2n) is 6.93. The number of piperidine rings is 1. The number of nitrogens with one attached hydrogen (secondary N) is 1. The standard InChI is InChI=1S/C18H20F2N4O.ClH/c19-13-2-1-3-14(20)16(13)24-9-4-15(22-24)17(25)23-10-6-18(7-11-23)5-8-21-12-18;/h1-4,9,21H,5-8,10-12H2;1H. The van der Waals surface area contributed by atoms with Crippen LogP contribution in [0.15, 0.2) is 30.5 Å². The van der Waals surface area contributed by atoms with Gasteiger partial charge in [0.15, 0.2) is 17.3 Å². The van der Waals surface area contributed by atoms with Crippen LogP contribution in [0.4, 0.5) is 8.78 Å². The lowest BCUT2D eigenvalue weighted by atomic mass is 9.78. The zero-order chi connectivity index (χ0) is 17.4. The third-order valence-corrected chi connectivity index (χ3v) is 5.42. The number of aromatic nitrogens is 2. The number of amides is 1. The van der Waals surface area contributed by atoms with E-state index >= 15 is 0 Å². The molecule has 140 valence electrons. The van der Waals surface area contributed by atoms with Gasteiger partial charge in [-0.05, 0) is 49.4 Å². The first-order valence-corrected chi connectivity index (χ1v) is 8.58. The maximum absolute atomic E-state index is 13.9. The van der Waals surface area contributed by atoms with Gasteiger partial charge in [-0.25, -0.2) is 13.5 Å². The van der Waals surface area contributed by atoms with Gasteiger partial charge in [0.05, 0.1) is 0 Å². The first kappa shape index (κ1) is 18.8. The molecule has 5 nitrogen and oxygen atoms in total. The SMILES string of the molecule is Cl.O=C(c1ccn(-c2c(F)cccc2F)n1)N1CCC2(CCNC2)CC1. The van der Waals surface area contributed by atoms with Crippen LogP contribution >= 0.6 is 12.4 Å². The van der Waals surface area contributed by atoms with E-state index in [0.717, 1.165) is 37.0 Å². The molecule has 0 aliphatic carbocycles. The van der Waals surface area contributed by atoms with E-state index in [9.17, 15) is 13.6 Å². The van der Waals surface area contributed by atoms with Crippen molar-refractivity contribution in [1.29, 1.82) is 0 Å². The van der Waals surface area contributed by atoms with Crippen LogP contribution < -0.4 is 5.32 Å². The minimum atomic E-state index is -0.712. The second kappa shape index (κ2) is 7.32. The zero-order valence-corrected chi connectivity index (χ0v) is 15.1. The molecule has 0 unspecified atom stereocenters. The predicted octanol–water partition coefficient (Wildman–Crippen LogP) is 2.79. The molecule has 2 fully saturated rings. The Morgan fingerprint density at radius 1 is 1.12 bits per heavy atom. The summed E-state index contributed by atoms with van der Waals surface area (Å²) >= 11 is 0. The van der Waals surface area contributed by atoms with Gasteiger partial charge in [0.1, 0.15) is 5.69 Å². The van der Waals surface area contributed by atoms with E-state index in [4.69, 9.17) is 0 Å². The topological polar surface area (TPSA) is 50.2 Å². The van der Waals surface area contributed by atoms with Crippen LogP contribution in [0.25, 0.3) is 5.69 Å². The molecule has 0 bridgehead atoms. The van der Waals surface area contributed by atoms with Crippen LogP contribution in [0.2, 0.25) is 0 Å². The molecule has 1 aromatic heterocycles. The highest BCUT2D eigenvalue weighted by Crippen LogP contribution is 2.37. The highest BCUT2D eigenvalue weighted by Gasteiger charge is 2.38. The summed E-state index contributed by atoms with van der Waals surface area (Å²) in [7, 11) is 0. The van der Waals surface area contributed by atoms with Crippen LogP contribution in [0, 0.1) is 17.0 Å². The van der Waals surface area contributed by atoms with Crippen molar-refractivity contribution in [2.45, 2.75) is 19.3 Å². The van der Waals surface area contributed by atoms with Crippen molar-refractivity contribution in [1.82, 2.24) is 20.0 Å². The number of benzene rings is 1. The molecule has 4 rings (SSSR count). The van der Waals surface area contributed by atoms with Crippen LogP contribution in [0.5, 0.6) is 0 Å². The number of para-hydroxylation sites is 1. The fourth-order valence-corrected chi connectivity index (χ4v) is 3.84. The number of likely N-dealkylation sites (tertiary alicyclic amines) is 1. The average Bonchev–Trinajstić information content (AvgIpc) is 3.25. The molecule has 1 amide bonds. The van der Waals surface area contributed by atoms with E-state index in [1.165, 1.54) is 30.5 Å². The fourth-order valence-electron chi connectivity index (χ4n) is 3.84. The first-order chi connectivity index (χ1) is 12.1. The quantitative estimate of drug-likeness (QED) is 0.869. The van der Waals surface area contributed by atoms with Crippen molar-refractivity contribution < 1.29 is 13.6 Å². The molecule has 2 aromatic rings. The summed E-state index contributed by atoms with van der Waals surface area (Å²) in [5.41, 5.74) is 0.270. The van der Waals surface area contributed by atoms with Gasteiger partial charge in [0.25, 0.3) is 5.91 Å². The van der Waals surface area contributed by atoms with Gasteiger partial charge in [0.2, 0.25) is 0 Å². The Bertz CT molecular complexity index is 774.